The van der Waals surface area contributed by atoms with Crippen LogP contribution in [-0.2, 0) is 4.79 Å². The average Bonchev–Trinajstić information content (AvgIpc) is 2.44. The van der Waals surface area contributed by atoms with Crippen molar-refractivity contribution in [3.63, 3.8) is 0 Å². The molecule has 0 aromatic heterocycles. The van der Waals surface area contributed by atoms with Gasteiger partial charge in [-0.15, -0.1) is 0 Å². The number of carbonyl (C=O) groups is 1. The first-order chi connectivity index (χ1) is 9.15. The van der Waals surface area contributed by atoms with Crippen LogP contribution in [0.15, 0.2) is 18.2 Å². The molecule has 0 spiro atoms. The van der Waals surface area contributed by atoms with Crippen LogP contribution in [0.5, 0.6) is 17.2 Å². The van der Waals surface area contributed by atoms with Crippen molar-refractivity contribution in [3.8, 4) is 17.2 Å². The zero-order valence-corrected chi connectivity index (χ0v) is 13.1. The van der Waals surface area contributed by atoms with Crippen molar-refractivity contribution < 1.29 is 36.3 Å². The molecule has 0 saturated carbocycles. The van der Waals surface area contributed by atoms with Crippen molar-refractivity contribution in [1.82, 2.24) is 0 Å². The minimum absolute atomic E-state index is 0. The fraction of sp³-hybridized carbons (Fsp3) is 0.500. The number of hydrogen-bond donors (Lipinski definition) is 1. The van der Waals surface area contributed by atoms with Crippen molar-refractivity contribution in [2.45, 2.75) is 13.8 Å². The van der Waals surface area contributed by atoms with Crippen molar-refractivity contribution in [2.75, 3.05) is 33.9 Å². The van der Waals surface area contributed by atoms with E-state index in [9.17, 15) is 4.79 Å². The van der Waals surface area contributed by atoms with E-state index >= 15 is 0 Å². The normalized spacial score (nSPS) is 9.85. The maximum atomic E-state index is 11.9. The summed E-state index contributed by atoms with van der Waals surface area (Å²) in [5.74, 6) is 1.02. The minimum atomic E-state index is -0.290. The summed E-state index contributed by atoms with van der Waals surface area (Å²) in [4.78, 5) is 13.1. The van der Waals surface area contributed by atoms with Gasteiger partial charge in [0.15, 0.2) is 18.0 Å². The summed E-state index contributed by atoms with van der Waals surface area (Å²) in [5, 5.41) is 0. The number of rotatable bonds is 7. The first kappa shape index (κ1) is 18.5. The number of nitrogens with one attached hydrogen (secondary N) is 1. The number of halogens is 1. The van der Waals surface area contributed by atoms with E-state index in [0.717, 1.165) is 13.1 Å². The van der Waals surface area contributed by atoms with Crippen LogP contribution in [0.25, 0.3) is 0 Å². The molecule has 0 amide bonds. The summed E-state index contributed by atoms with van der Waals surface area (Å²) in [6, 6.07) is 5.25. The van der Waals surface area contributed by atoms with Gasteiger partial charge in [-0.2, -0.15) is 0 Å². The van der Waals surface area contributed by atoms with E-state index in [2.05, 4.69) is 0 Å². The highest BCUT2D eigenvalue weighted by Gasteiger charge is 2.18. The number of quaternary nitrogens is 1. The van der Waals surface area contributed by atoms with Gasteiger partial charge in [-0.25, -0.2) is 4.79 Å². The summed E-state index contributed by atoms with van der Waals surface area (Å²) < 4.78 is 15.7. The Morgan fingerprint density at radius 2 is 1.60 bits per heavy atom. The van der Waals surface area contributed by atoms with Gasteiger partial charge in [-0.3, -0.25) is 0 Å². The Morgan fingerprint density at radius 1 is 1.10 bits per heavy atom. The van der Waals surface area contributed by atoms with E-state index in [0.29, 0.717) is 23.8 Å². The Morgan fingerprint density at radius 3 is 2.00 bits per heavy atom. The fourth-order valence-corrected chi connectivity index (χ4v) is 1.77. The molecule has 6 heteroatoms. The lowest BCUT2D eigenvalue weighted by Crippen LogP contribution is -3.12. The Labute approximate surface area is 126 Å². The molecule has 0 bridgehead atoms. The maximum absolute atomic E-state index is 11.9. The van der Waals surface area contributed by atoms with E-state index in [1.807, 2.05) is 13.8 Å². The van der Waals surface area contributed by atoms with Gasteiger partial charge in [0.05, 0.1) is 27.3 Å². The largest absolute Gasteiger partial charge is 1.00 e. The summed E-state index contributed by atoms with van der Waals surface area (Å²) in [6.07, 6.45) is 0. The number of ether oxygens (including phenoxy) is 3. The topological polar surface area (TPSA) is 49.2 Å². The molecule has 0 atom stereocenters. The Kier molecular flexibility index (Phi) is 8.76. The summed E-state index contributed by atoms with van der Waals surface area (Å²) >= 11 is 0. The molecule has 0 heterocycles. The van der Waals surface area contributed by atoms with Crippen LogP contribution < -0.4 is 31.5 Å². The lowest BCUT2D eigenvalue weighted by Gasteiger charge is -2.16. The van der Waals surface area contributed by atoms with Crippen molar-refractivity contribution in [3.05, 3.63) is 18.2 Å². The zero-order valence-electron chi connectivity index (χ0n) is 12.4. The predicted molar refractivity (Wildman–Crippen MR) is 72.1 cm³/mol. The second-order valence-corrected chi connectivity index (χ2v) is 4.10. The highest BCUT2D eigenvalue weighted by molar-refractivity contribution is 5.75. The Bertz CT molecular complexity index is 399. The molecule has 20 heavy (non-hydrogen) atoms. The number of esters is 1. The van der Waals surface area contributed by atoms with Gasteiger partial charge in [0.25, 0.3) is 0 Å². The molecule has 1 aromatic carbocycles. The molecule has 0 aliphatic rings. The molecule has 1 rings (SSSR count). The molecular formula is C14H22ClNO4. The van der Waals surface area contributed by atoms with Crippen LogP contribution in [0.3, 0.4) is 0 Å². The maximum Gasteiger partial charge on any atom is 0.367 e. The second-order valence-electron chi connectivity index (χ2n) is 4.10. The fourth-order valence-electron chi connectivity index (χ4n) is 1.77. The zero-order chi connectivity index (χ0) is 14.3. The molecule has 0 unspecified atom stereocenters. The second kappa shape index (κ2) is 9.44. The smallest absolute Gasteiger partial charge is 0.367 e. The summed E-state index contributed by atoms with van der Waals surface area (Å²) in [5.41, 5.74) is 0. The third kappa shape index (κ3) is 4.90. The van der Waals surface area contributed by atoms with Crippen LogP contribution in [-0.4, -0.2) is 39.8 Å². The number of likely N-dealkylation sites (N-methyl/N-ethyl adjacent to an activating group) is 1. The average molecular weight is 304 g/mol. The lowest BCUT2D eigenvalue weighted by molar-refractivity contribution is -0.888. The number of para-hydroxylation sites is 1. The third-order valence-electron chi connectivity index (χ3n) is 2.99. The van der Waals surface area contributed by atoms with Crippen LogP contribution in [0.4, 0.5) is 0 Å². The molecule has 1 aromatic rings. The quantitative estimate of drug-likeness (QED) is 0.448. The van der Waals surface area contributed by atoms with Crippen molar-refractivity contribution in [1.29, 1.82) is 0 Å². The summed E-state index contributed by atoms with van der Waals surface area (Å²) in [7, 11) is 3.06. The summed E-state index contributed by atoms with van der Waals surface area (Å²) in [6.45, 7) is 6.17. The molecule has 0 aliphatic heterocycles. The van der Waals surface area contributed by atoms with E-state index in [1.54, 1.807) is 18.2 Å². The number of hydrogen-bond acceptors (Lipinski definition) is 4. The van der Waals surface area contributed by atoms with Crippen LogP contribution in [0.2, 0.25) is 0 Å². The number of carbonyl (C=O) groups excluding carboxylic acids is 1. The highest BCUT2D eigenvalue weighted by Crippen LogP contribution is 2.36. The van der Waals surface area contributed by atoms with Gasteiger partial charge < -0.3 is 31.5 Å². The molecule has 114 valence electrons. The predicted octanol–water partition coefficient (Wildman–Crippen LogP) is -2.46. The molecule has 1 N–H and O–H groups in total. The first-order valence-electron chi connectivity index (χ1n) is 6.41. The number of methoxy groups -OCH3 is 2. The molecule has 0 radical (unpaired) electrons. The van der Waals surface area contributed by atoms with Gasteiger partial charge in [0, 0.05) is 0 Å². The first-order valence-corrected chi connectivity index (χ1v) is 6.41. The minimum Gasteiger partial charge on any atom is -1.00 e. The molecule has 5 nitrogen and oxygen atoms in total. The lowest BCUT2D eigenvalue weighted by atomic mass is 10.3. The Hall–Kier alpha value is -1.46. The van der Waals surface area contributed by atoms with Gasteiger partial charge in [0.2, 0.25) is 5.75 Å². The molecule has 0 fully saturated rings. The van der Waals surface area contributed by atoms with Crippen LogP contribution in [0, 0.1) is 0 Å². The van der Waals surface area contributed by atoms with E-state index in [1.165, 1.54) is 19.1 Å². The van der Waals surface area contributed by atoms with Gasteiger partial charge in [-0.05, 0) is 26.0 Å². The van der Waals surface area contributed by atoms with Crippen molar-refractivity contribution in [2.24, 2.45) is 0 Å². The highest BCUT2D eigenvalue weighted by atomic mass is 35.5. The third-order valence-corrected chi connectivity index (χ3v) is 2.99. The molecule has 0 saturated heterocycles. The Balaban J connectivity index is 0.00000361. The van der Waals surface area contributed by atoms with Crippen molar-refractivity contribution >= 4 is 5.97 Å². The van der Waals surface area contributed by atoms with E-state index in [-0.39, 0.29) is 18.4 Å². The standard InChI is InChI=1S/C14H21NO4.ClH/c1-5-15(6-2)10-13(16)19-14-11(17-3)8-7-9-12(14)18-4;/h7-9H,5-6,10H2,1-4H3;1H. The van der Waals surface area contributed by atoms with Gasteiger partial charge in [-0.1, -0.05) is 6.07 Å². The number of benzene rings is 1. The van der Waals surface area contributed by atoms with Crippen LogP contribution >= 0.6 is 0 Å². The SMILES string of the molecule is CC[NH+](CC)CC(=O)Oc1c(OC)cccc1OC.[Cl-]. The van der Waals surface area contributed by atoms with Gasteiger partial charge >= 0.3 is 5.97 Å². The molecular weight excluding hydrogens is 282 g/mol. The van der Waals surface area contributed by atoms with E-state index < -0.39 is 0 Å². The van der Waals surface area contributed by atoms with Gasteiger partial charge in [0.1, 0.15) is 0 Å². The van der Waals surface area contributed by atoms with E-state index in [4.69, 9.17) is 14.2 Å². The molecule has 0 aliphatic carbocycles. The van der Waals surface area contributed by atoms with Crippen LogP contribution in [0.1, 0.15) is 13.8 Å². The monoisotopic (exact) mass is 303 g/mol.